The van der Waals surface area contributed by atoms with Crippen molar-refractivity contribution in [2.75, 3.05) is 19.8 Å². The van der Waals surface area contributed by atoms with Crippen molar-refractivity contribution in [3.8, 4) is 0 Å². The molecule has 2 N–H and O–H groups in total. The normalized spacial score (nSPS) is 16.3. The first-order chi connectivity index (χ1) is 12.2. The van der Waals surface area contributed by atoms with Gasteiger partial charge in [0.15, 0.2) is 0 Å². The maximum Gasteiger partial charge on any atom is 0.311 e. The van der Waals surface area contributed by atoms with Crippen molar-refractivity contribution in [3.05, 3.63) is 33.9 Å². The lowest BCUT2D eigenvalue weighted by atomic mass is 9.80. The molecule has 1 amide bonds. The van der Waals surface area contributed by atoms with E-state index in [1.165, 1.54) is 23.9 Å². The van der Waals surface area contributed by atoms with Crippen LogP contribution in [0, 0.1) is 15.5 Å². The molecule has 8 nitrogen and oxygen atoms in total. The fraction of sp³-hybridized carbons (Fsp3) is 0.529. The van der Waals surface area contributed by atoms with Gasteiger partial charge in [0, 0.05) is 42.0 Å². The van der Waals surface area contributed by atoms with E-state index in [1.807, 2.05) is 13.8 Å². The Morgan fingerprint density at radius 2 is 2.04 bits per heavy atom. The van der Waals surface area contributed by atoms with Crippen LogP contribution in [0.1, 0.15) is 37.0 Å². The highest BCUT2D eigenvalue weighted by atomic mass is 32.2. The molecule has 1 aliphatic heterocycles. The Bertz CT molecular complexity index is 700. The lowest BCUT2D eigenvalue weighted by Crippen LogP contribution is -2.46. The smallest absolute Gasteiger partial charge is 0.311 e. The number of rotatable bonds is 7. The molecular weight excluding hydrogens is 360 g/mol. The van der Waals surface area contributed by atoms with E-state index in [-0.39, 0.29) is 23.0 Å². The van der Waals surface area contributed by atoms with E-state index in [0.29, 0.717) is 31.0 Å². The topological polar surface area (TPSA) is 119 Å². The summed E-state index contributed by atoms with van der Waals surface area (Å²) in [5.41, 5.74) is -1.06. The average molecular weight is 382 g/mol. The Balaban J connectivity index is 2.22. The molecule has 1 heterocycles. The number of nitrogens with one attached hydrogen (secondary N) is 1. The van der Waals surface area contributed by atoms with E-state index >= 15 is 0 Å². The van der Waals surface area contributed by atoms with Crippen LogP contribution in [-0.4, -0.2) is 46.9 Å². The summed E-state index contributed by atoms with van der Waals surface area (Å²) in [4.78, 5) is 35.4. The lowest BCUT2D eigenvalue weighted by Gasteiger charge is -2.33. The number of benzene rings is 1. The fourth-order valence-corrected chi connectivity index (χ4v) is 3.67. The van der Waals surface area contributed by atoms with Crippen molar-refractivity contribution >= 4 is 29.3 Å². The van der Waals surface area contributed by atoms with Gasteiger partial charge in [-0.3, -0.25) is 19.7 Å². The van der Waals surface area contributed by atoms with Gasteiger partial charge >= 0.3 is 5.97 Å². The summed E-state index contributed by atoms with van der Waals surface area (Å²) in [5, 5.41) is 23.4. The third-order valence-electron chi connectivity index (χ3n) is 4.27. The van der Waals surface area contributed by atoms with Crippen LogP contribution in [0.25, 0.3) is 0 Å². The first kappa shape index (κ1) is 20.2. The van der Waals surface area contributed by atoms with E-state index in [1.54, 1.807) is 6.07 Å². The molecule has 0 spiro atoms. The van der Waals surface area contributed by atoms with Crippen molar-refractivity contribution in [2.45, 2.75) is 36.8 Å². The number of aliphatic carboxylic acids is 1. The average Bonchev–Trinajstić information content (AvgIpc) is 2.60. The van der Waals surface area contributed by atoms with Crippen LogP contribution in [0.3, 0.4) is 0 Å². The number of nitrogens with zero attached hydrogens (tertiary/aromatic N) is 1. The summed E-state index contributed by atoms with van der Waals surface area (Å²) >= 11 is 1.42. The number of carbonyl (C=O) groups excluding carboxylic acids is 1. The van der Waals surface area contributed by atoms with Gasteiger partial charge in [-0.15, -0.1) is 11.8 Å². The number of carboxylic acid groups (broad SMARTS) is 1. The van der Waals surface area contributed by atoms with Gasteiger partial charge in [-0.05, 0) is 18.9 Å². The van der Waals surface area contributed by atoms with Crippen LogP contribution in [0.2, 0.25) is 0 Å². The Morgan fingerprint density at radius 1 is 1.38 bits per heavy atom. The molecule has 2 rings (SSSR count). The second-order valence-corrected chi connectivity index (χ2v) is 8.10. The maximum absolute atomic E-state index is 12.7. The molecule has 1 saturated heterocycles. The zero-order valence-electron chi connectivity index (χ0n) is 14.7. The highest BCUT2D eigenvalue weighted by Crippen LogP contribution is 2.32. The van der Waals surface area contributed by atoms with Gasteiger partial charge in [0.2, 0.25) is 0 Å². The number of nitro benzene ring substituents is 1. The second kappa shape index (κ2) is 8.50. The largest absolute Gasteiger partial charge is 0.481 e. The molecule has 9 heteroatoms. The van der Waals surface area contributed by atoms with Crippen LogP contribution in [0.15, 0.2) is 23.1 Å². The summed E-state index contributed by atoms with van der Waals surface area (Å²) in [7, 11) is 0. The van der Waals surface area contributed by atoms with Crippen LogP contribution in [-0.2, 0) is 9.53 Å². The molecule has 0 aromatic heterocycles. The number of nitro groups is 1. The molecule has 1 aliphatic rings. The molecule has 0 radical (unpaired) electrons. The molecule has 0 aliphatic carbocycles. The van der Waals surface area contributed by atoms with Crippen molar-refractivity contribution < 1.29 is 24.4 Å². The summed E-state index contributed by atoms with van der Waals surface area (Å²) < 4.78 is 5.22. The highest BCUT2D eigenvalue weighted by Gasteiger charge is 2.40. The summed E-state index contributed by atoms with van der Waals surface area (Å²) in [6.07, 6.45) is 0.621. The molecule has 0 atom stereocenters. The Labute approximate surface area is 155 Å². The van der Waals surface area contributed by atoms with Gasteiger partial charge < -0.3 is 15.2 Å². The number of hydrogen-bond donors (Lipinski definition) is 2. The van der Waals surface area contributed by atoms with Crippen molar-refractivity contribution in [3.63, 3.8) is 0 Å². The lowest BCUT2D eigenvalue weighted by molar-refractivity contribution is -0.384. The summed E-state index contributed by atoms with van der Waals surface area (Å²) in [5.74, 6) is -1.49. The Kier molecular flexibility index (Phi) is 6.60. The number of amides is 1. The number of ether oxygens (including phenoxy) is 1. The summed E-state index contributed by atoms with van der Waals surface area (Å²) in [6.45, 7) is 4.52. The Hall–Kier alpha value is -2.13. The number of hydrogen-bond acceptors (Lipinski definition) is 6. The van der Waals surface area contributed by atoms with Gasteiger partial charge in [-0.2, -0.15) is 0 Å². The van der Waals surface area contributed by atoms with Gasteiger partial charge in [-0.1, -0.05) is 13.8 Å². The molecule has 0 bridgehead atoms. The third-order valence-corrected chi connectivity index (χ3v) is 5.35. The van der Waals surface area contributed by atoms with E-state index < -0.39 is 22.2 Å². The van der Waals surface area contributed by atoms with Gasteiger partial charge in [-0.25, -0.2) is 0 Å². The molecule has 26 heavy (non-hydrogen) atoms. The molecular formula is C17H22N2O6S. The first-order valence-electron chi connectivity index (χ1n) is 8.29. The van der Waals surface area contributed by atoms with Crippen molar-refractivity contribution in [1.82, 2.24) is 5.32 Å². The zero-order chi connectivity index (χ0) is 19.3. The van der Waals surface area contributed by atoms with Crippen LogP contribution in [0.4, 0.5) is 5.69 Å². The maximum atomic E-state index is 12.7. The minimum Gasteiger partial charge on any atom is -0.481 e. The number of carbonyl (C=O) groups is 2. The van der Waals surface area contributed by atoms with E-state index in [4.69, 9.17) is 4.74 Å². The van der Waals surface area contributed by atoms with Crippen LogP contribution in [0.5, 0.6) is 0 Å². The van der Waals surface area contributed by atoms with Gasteiger partial charge in [0.1, 0.15) is 0 Å². The van der Waals surface area contributed by atoms with E-state index in [2.05, 4.69) is 5.32 Å². The quantitative estimate of drug-likeness (QED) is 0.423. The Morgan fingerprint density at radius 3 is 2.58 bits per heavy atom. The fourth-order valence-electron chi connectivity index (χ4n) is 2.74. The van der Waals surface area contributed by atoms with Crippen molar-refractivity contribution in [2.24, 2.45) is 5.41 Å². The zero-order valence-corrected chi connectivity index (χ0v) is 15.5. The standard InChI is InChI=1S/C17H22N2O6S/c1-11(2)26-14-4-3-12(19(23)24)9-13(14)15(20)18-10-17(16(21)22)5-7-25-8-6-17/h3-4,9,11H,5-8,10H2,1-2H3,(H,18,20)(H,21,22). The number of thioether (sulfide) groups is 1. The predicted octanol–water partition coefficient (Wildman–Crippen LogP) is 2.71. The minimum atomic E-state index is -1.07. The van der Waals surface area contributed by atoms with Crippen LogP contribution >= 0.6 is 11.8 Å². The third kappa shape index (κ3) is 4.73. The van der Waals surface area contributed by atoms with Crippen molar-refractivity contribution in [1.29, 1.82) is 0 Å². The second-order valence-electron chi connectivity index (χ2n) is 6.48. The number of non-ortho nitro benzene ring substituents is 1. The predicted molar refractivity (Wildman–Crippen MR) is 96.5 cm³/mol. The van der Waals surface area contributed by atoms with E-state index in [9.17, 15) is 24.8 Å². The molecule has 1 aromatic carbocycles. The molecule has 1 fully saturated rings. The first-order valence-corrected chi connectivity index (χ1v) is 9.17. The molecule has 0 saturated carbocycles. The van der Waals surface area contributed by atoms with Crippen LogP contribution < -0.4 is 5.32 Å². The SMILES string of the molecule is CC(C)Sc1ccc([N+](=O)[O-])cc1C(=O)NCC1(C(=O)O)CCOCC1. The summed E-state index contributed by atoms with van der Waals surface area (Å²) in [6, 6.07) is 4.15. The number of carboxylic acids is 1. The van der Waals surface area contributed by atoms with Gasteiger partial charge in [0.05, 0.1) is 15.9 Å². The minimum absolute atomic E-state index is 0.0427. The monoisotopic (exact) mass is 382 g/mol. The van der Waals surface area contributed by atoms with Gasteiger partial charge in [0.25, 0.3) is 11.6 Å². The molecule has 1 aromatic rings. The highest BCUT2D eigenvalue weighted by molar-refractivity contribution is 8.00. The van der Waals surface area contributed by atoms with E-state index in [0.717, 1.165) is 0 Å². The molecule has 142 valence electrons. The molecule has 0 unspecified atom stereocenters.